The number of benzene rings is 2. The smallest absolute Gasteiger partial charge is 0.282 e. The van der Waals surface area contributed by atoms with Crippen LogP contribution in [-0.2, 0) is 23.0 Å². The largest absolute Gasteiger partial charge is 0.295 e. The first-order valence-electron chi connectivity index (χ1n) is 22.0. The highest BCUT2D eigenvalue weighted by molar-refractivity contribution is 7.86. The Hall–Kier alpha value is -1.39. The zero-order valence-electron chi connectivity index (χ0n) is 33.1. The Balaban J connectivity index is 1.68. The van der Waals surface area contributed by atoms with E-state index in [0.717, 1.165) is 48.6 Å². The van der Waals surface area contributed by atoms with Crippen LogP contribution >= 0.6 is 0 Å². The summed E-state index contributed by atoms with van der Waals surface area (Å²) in [5.41, 5.74) is 2.00. The fourth-order valence-corrected chi connectivity index (χ4v) is 8.93. The van der Waals surface area contributed by atoms with Gasteiger partial charge in [0.2, 0.25) is 0 Å². The van der Waals surface area contributed by atoms with Gasteiger partial charge in [0.05, 0.1) is 0 Å². The lowest BCUT2D eigenvalue weighted by Crippen LogP contribution is -2.08. The molecule has 0 aliphatic rings. The third kappa shape index (κ3) is 21.2. The van der Waals surface area contributed by atoms with E-state index in [9.17, 15) is 13.0 Å². The summed E-state index contributed by atoms with van der Waals surface area (Å²) in [6.45, 7) is 4.57. The van der Waals surface area contributed by atoms with E-state index >= 15 is 0 Å². The van der Waals surface area contributed by atoms with Crippen LogP contribution < -0.4 is 0 Å². The molecule has 0 bridgehead atoms. The van der Waals surface area contributed by atoms with Crippen LogP contribution in [0.2, 0.25) is 0 Å². The van der Waals surface area contributed by atoms with E-state index in [1.807, 2.05) is 24.3 Å². The van der Waals surface area contributed by atoms with Crippen molar-refractivity contribution in [3.05, 3.63) is 41.5 Å². The van der Waals surface area contributed by atoms with Gasteiger partial charge in [-0.05, 0) is 42.2 Å². The van der Waals surface area contributed by atoms with Crippen molar-refractivity contribution in [2.75, 3.05) is 0 Å². The molecule has 0 aliphatic carbocycles. The predicted molar refractivity (Wildman–Crippen MR) is 220 cm³/mol. The van der Waals surface area contributed by atoms with Gasteiger partial charge in [0, 0.05) is 5.39 Å². The van der Waals surface area contributed by atoms with Gasteiger partial charge >= 0.3 is 0 Å². The average molecular weight is 713 g/mol. The molecule has 3 nitrogen and oxygen atoms in total. The second-order valence-electron chi connectivity index (χ2n) is 15.6. The van der Waals surface area contributed by atoms with Crippen molar-refractivity contribution in [3.63, 3.8) is 0 Å². The van der Waals surface area contributed by atoms with Crippen molar-refractivity contribution in [2.45, 2.75) is 237 Å². The Kier molecular flexibility index (Phi) is 27.0. The topological polar surface area (TPSA) is 54.4 Å². The van der Waals surface area contributed by atoms with Crippen molar-refractivity contribution in [1.29, 1.82) is 0 Å². The van der Waals surface area contributed by atoms with Crippen LogP contribution in [0.15, 0.2) is 35.2 Å². The maximum Gasteiger partial charge on any atom is 0.295 e. The highest BCUT2D eigenvalue weighted by Crippen LogP contribution is 2.32. The van der Waals surface area contributed by atoms with Gasteiger partial charge in [-0.1, -0.05) is 237 Å². The zero-order chi connectivity index (χ0) is 36.0. The summed E-state index contributed by atoms with van der Waals surface area (Å²) in [5.74, 6) is 0. The molecule has 0 fully saturated rings. The minimum Gasteiger partial charge on any atom is -0.282 e. The standard InChI is InChI=1S/C46H80O3S/c1-3-5-7-9-11-13-15-17-19-21-23-25-27-29-31-33-37-42-41-43-38-35-36-40-45(43)46(50(47,48)49)44(42)39-34-32-30-28-26-24-22-20-18-16-14-12-10-8-6-4-2/h35-36,38,40-41H,3-34,37,39H2,1-2H3,(H,47,48,49). The fraction of sp³-hybridized carbons (Fsp3) is 0.783. The lowest BCUT2D eigenvalue weighted by Gasteiger charge is -2.17. The van der Waals surface area contributed by atoms with Gasteiger partial charge in [0.15, 0.2) is 0 Å². The van der Waals surface area contributed by atoms with E-state index in [-0.39, 0.29) is 4.90 Å². The molecule has 50 heavy (non-hydrogen) atoms. The van der Waals surface area contributed by atoms with E-state index in [4.69, 9.17) is 0 Å². The summed E-state index contributed by atoms with van der Waals surface area (Å²) in [4.78, 5) is 0.169. The van der Waals surface area contributed by atoms with Crippen LogP contribution in [0.1, 0.15) is 230 Å². The maximum absolute atomic E-state index is 12.8. The van der Waals surface area contributed by atoms with Crippen LogP contribution in [0.25, 0.3) is 10.8 Å². The van der Waals surface area contributed by atoms with E-state index in [0.29, 0.717) is 5.39 Å². The quantitative estimate of drug-likeness (QED) is 0.0572. The first-order chi connectivity index (χ1) is 24.5. The molecule has 0 amide bonds. The molecule has 2 rings (SSSR count). The Morgan fingerprint density at radius 2 is 0.760 bits per heavy atom. The molecule has 0 unspecified atom stereocenters. The molecule has 0 saturated carbocycles. The molecule has 0 aliphatic heterocycles. The van der Waals surface area contributed by atoms with Crippen molar-refractivity contribution in [3.8, 4) is 0 Å². The van der Waals surface area contributed by atoms with Crippen molar-refractivity contribution in [1.82, 2.24) is 0 Å². The second-order valence-corrected chi connectivity index (χ2v) is 17.0. The molecule has 2 aromatic carbocycles. The molecular weight excluding hydrogens is 633 g/mol. The van der Waals surface area contributed by atoms with E-state index in [1.165, 1.54) is 186 Å². The molecule has 4 heteroatoms. The average Bonchev–Trinajstić information content (AvgIpc) is 3.10. The van der Waals surface area contributed by atoms with Gasteiger partial charge in [-0.3, -0.25) is 4.55 Å². The third-order valence-electron chi connectivity index (χ3n) is 11.0. The molecular formula is C46H80O3S. The van der Waals surface area contributed by atoms with E-state index < -0.39 is 10.1 Å². The minimum atomic E-state index is -4.32. The summed E-state index contributed by atoms with van der Waals surface area (Å²) in [6, 6.07) is 9.89. The number of hydrogen-bond acceptors (Lipinski definition) is 2. The van der Waals surface area contributed by atoms with Gasteiger partial charge in [-0.15, -0.1) is 0 Å². The highest BCUT2D eigenvalue weighted by atomic mass is 32.2. The van der Waals surface area contributed by atoms with Gasteiger partial charge in [0.1, 0.15) is 4.90 Å². The Labute approximate surface area is 311 Å². The normalized spacial score (nSPS) is 12.0. The van der Waals surface area contributed by atoms with E-state index in [2.05, 4.69) is 19.9 Å². The molecule has 288 valence electrons. The lowest BCUT2D eigenvalue weighted by atomic mass is 9.93. The summed E-state index contributed by atoms with van der Waals surface area (Å²) >= 11 is 0. The summed E-state index contributed by atoms with van der Waals surface area (Å²) in [7, 11) is -4.32. The number of hydrogen-bond donors (Lipinski definition) is 1. The van der Waals surface area contributed by atoms with Crippen LogP contribution in [-0.4, -0.2) is 13.0 Å². The third-order valence-corrected chi connectivity index (χ3v) is 12.0. The molecule has 0 atom stereocenters. The van der Waals surface area contributed by atoms with Crippen LogP contribution in [0.3, 0.4) is 0 Å². The van der Waals surface area contributed by atoms with Crippen LogP contribution in [0, 0.1) is 0 Å². The molecule has 2 aromatic rings. The Morgan fingerprint density at radius 1 is 0.440 bits per heavy atom. The number of rotatable bonds is 35. The summed E-state index contributed by atoms with van der Waals surface area (Å²) in [5, 5.41) is 1.58. The van der Waals surface area contributed by atoms with Crippen molar-refractivity contribution >= 4 is 20.9 Å². The first kappa shape index (κ1) is 44.8. The fourth-order valence-electron chi connectivity index (χ4n) is 7.92. The highest BCUT2D eigenvalue weighted by Gasteiger charge is 2.22. The number of aryl methyl sites for hydroxylation is 1. The monoisotopic (exact) mass is 713 g/mol. The Morgan fingerprint density at radius 3 is 1.12 bits per heavy atom. The maximum atomic E-state index is 12.8. The van der Waals surface area contributed by atoms with Crippen LogP contribution in [0.4, 0.5) is 0 Å². The summed E-state index contributed by atoms with van der Waals surface area (Å²) in [6.07, 6.45) is 44.4. The summed E-state index contributed by atoms with van der Waals surface area (Å²) < 4.78 is 36.0. The van der Waals surface area contributed by atoms with Crippen molar-refractivity contribution in [2.24, 2.45) is 0 Å². The minimum absolute atomic E-state index is 0.169. The van der Waals surface area contributed by atoms with Crippen molar-refractivity contribution < 1.29 is 13.0 Å². The van der Waals surface area contributed by atoms with Gasteiger partial charge in [-0.2, -0.15) is 8.42 Å². The molecule has 0 aromatic heterocycles. The molecule has 1 N–H and O–H groups in total. The van der Waals surface area contributed by atoms with Gasteiger partial charge < -0.3 is 0 Å². The molecule has 0 spiro atoms. The zero-order valence-corrected chi connectivity index (χ0v) is 33.9. The SMILES string of the molecule is CCCCCCCCCCCCCCCCCCc1cc2ccccc2c(S(=O)(=O)O)c1CCCCCCCCCCCCCCCCCC. The van der Waals surface area contributed by atoms with E-state index in [1.54, 1.807) is 0 Å². The number of unbranched alkanes of at least 4 members (excludes halogenated alkanes) is 30. The van der Waals surface area contributed by atoms with Crippen LogP contribution in [0.5, 0.6) is 0 Å². The van der Waals surface area contributed by atoms with Gasteiger partial charge in [0.25, 0.3) is 10.1 Å². The van der Waals surface area contributed by atoms with Gasteiger partial charge in [-0.25, -0.2) is 0 Å². The number of fused-ring (bicyclic) bond motifs is 1. The second kappa shape index (κ2) is 30.1. The molecule has 0 heterocycles. The Bertz CT molecular complexity index is 1190. The first-order valence-corrected chi connectivity index (χ1v) is 23.4. The lowest BCUT2D eigenvalue weighted by molar-refractivity contribution is 0.482. The predicted octanol–water partition coefficient (Wildman–Crippen LogP) is 15.7. The molecule has 0 radical (unpaired) electrons. The molecule has 0 saturated heterocycles.